The molecule has 38 heavy (non-hydrogen) atoms. The Bertz CT molecular complexity index is 1180. The molecule has 2 aromatic carbocycles. The molecule has 3 rings (SSSR count). The van der Waals surface area contributed by atoms with Gasteiger partial charge in [-0.1, -0.05) is 63.9 Å². The lowest BCUT2D eigenvalue weighted by molar-refractivity contribution is 0.0811. The number of carbonyl (C=O) groups excluding carboxylic acids is 1. The standard InChI is InChI=1S/C32H48N4O2/c1-8-11-17-32(4,5)33-21-28(37)29(24-15-13-12-14-16-24)34-31(38)25-19-26-23(10-3)22-36(18-9-2)30(26)27(20-25)35(6)7/h12-16,19-20,22,28-29,33,37H,8-11,17-18,21H2,1-7H3,(H,34,38). The molecule has 1 heterocycles. The van der Waals surface area contributed by atoms with E-state index in [1.807, 2.05) is 56.6 Å². The van der Waals surface area contributed by atoms with Crippen LogP contribution < -0.4 is 15.5 Å². The van der Waals surface area contributed by atoms with Gasteiger partial charge >= 0.3 is 0 Å². The molecule has 3 aromatic rings. The van der Waals surface area contributed by atoms with Crippen molar-refractivity contribution in [2.75, 3.05) is 25.5 Å². The normalized spacial score (nSPS) is 13.5. The number of aliphatic hydroxyl groups is 1. The lowest BCUT2D eigenvalue weighted by Gasteiger charge is -2.31. The zero-order valence-corrected chi connectivity index (χ0v) is 24.5. The fourth-order valence-electron chi connectivity index (χ4n) is 5.15. The van der Waals surface area contributed by atoms with E-state index in [0.29, 0.717) is 12.1 Å². The molecule has 0 radical (unpaired) electrons. The van der Waals surface area contributed by atoms with Crippen LogP contribution in [-0.4, -0.2) is 47.9 Å². The Morgan fingerprint density at radius 2 is 1.79 bits per heavy atom. The smallest absolute Gasteiger partial charge is 0.251 e. The molecule has 208 valence electrons. The van der Waals surface area contributed by atoms with E-state index in [0.717, 1.165) is 55.3 Å². The average molecular weight is 521 g/mol. The number of anilines is 1. The number of amides is 1. The van der Waals surface area contributed by atoms with Crippen LogP contribution in [0.1, 0.15) is 87.8 Å². The van der Waals surface area contributed by atoms with Gasteiger partial charge in [0.2, 0.25) is 0 Å². The van der Waals surface area contributed by atoms with Crippen molar-refractivity contribution in [1.29, 1.82) is 0 Å². The van der Waals surface area contributed by atoms with Gasteiger partial charge in [0, 0.05) is 49.9 Å². The molecule has 0 bridgehead atoms. The number of aliphatic hydroxyl groups excluding tert-OH is 1. The third-order valence-corrected chi connectivity index (χ3v) is 7.40. The Kier molecular flexibility index (Phi) is 10.4. The molecular formula is C32H48N4O2. The Labute approximate surface area is 229 Å². The van der Waals surface area contributed by atoms with E-state index >= 15 is 0 Å². The number of fused-ring (bicyclic) bond motifs is 1. The number of hydrogen-bond acceptors (Lipinski definition) is 4. The van der Waals surface area contributed by atoms with E-state index in [4.69, 9.17) is 0 Å². The first-order valence-electron chi connectivity index (χ1n) is 14.2. The van der Waals surface area contributed by atoms with Crippen LogP contribution in [0.15, 0.2) is 48.7 Å². The molecule has 0 fully saturated rings. The van der Waals surface area contributed by atoms with Crippen molar-refractivity contribution in [3.05, 3.63) is 65.4 Å². The quantitative estimate of drug-likeness (QED) is 0.241. The summed E-state index contributed by atoms with van der Waals surface area (Å²) in [6, 6.07) is 13.2. The van der Waals surface area contributed by atoms with Crippen LogP contribution in [0.2, 0.25) is 0 Å². The van der Waals surface area contributed by atoms with E-state index in [9.17, 15) is 9.90 Å². The van der Waals surface area contributed by atoms with Gasteiger partial charge in [0.1, 0.15) is 0 Å². The van der Waals surface area contributed by atoms with Crippen molar-refractivity contribution < 1.29 is 9.90 Å². The third-order valence-electron chi connectivity index (χ3n) is 7.40. The maximum Gasteiger partial charge on any atom is 0.251 e. The molecule has 1 amide bonds. The second-order valence-corrected chi connectivity index (χ2v) is 11.3. The fraction of sp³-hybridized carbons (Fsp3) is 0.531. The van der Waals surface area contributed by atoms with Crippen LogP contribution in [0.5, 0.6) is 0 Å². The van der Waals surface area contributed by atoms with Crippen LogP contribution in [-0.2, 0) is 13.0 Å². The van der Waals surface area contributed by atoms with Crippen molar-refractivity contribution in [3.8, 4) is 0 Å². The summed E-state index contributed by atoms with van der Waals surface area (Å²) in [5, 5.41) is 19.1. The molecule has 1 aromatic heterocycles. The highest BCUT2D eigenvalue weighted by molar-refractivity contribution is 6.04. The van der Waals surface area contributed by atoms with Crippen molar-refractivity contribution in [3.63, 3.8) is 0 Å². The zero-order valence-electron chi connectivity index (χ0n) is 24.5. The topological polar surface area (TPSA) is 69.5 Å². The molecule has 3 N–H and O–H groups in total. The number of nitrogens with one attached hydrogen (secondary N) is 2. The van der Waals surface area contributed by atoms with Gasteiger partial charge in [0.15, 0.2) is 0 Å². The number of β-amino-alcohol motifs (C(OH)–C–C–N with tert-alkyl or cyclic N) is 1. The van der Waals surface area contributed by atoms with Crippen molar-refractivity contribution in [2.24, 2.45) is 0 Å². The van der Waals surface area contributed by atoms with E-state index in [2.05, 4.69) is 60.9 Å². The first-order chi connectivity index (χ1) is 18.1. The van der Waals surface area contributed by atoms with Crippen molar-refractivity contribution in [2.45, 2.75) is 91.0 Å². The molecule has 6 heteroatoms. The highest BCUT2D eigenvalue weighted by Gasteiger charge is 2.27. The minimum Gasteiger partial charge on any atom is -0.389 e. The second-order valence-electron chi connectivity index (χ2n) is 11.3. The summed E-state index contributed by atoms with van der Waals surface area (Å²) in [7, 11) is 4.04. The molecule has 0 aliphatic carbocycles. The Hall–Kier alpha value is -2.83. The minimum atomic E-state index is -0.781. The van der Waals surface area contributed by atoms with Crippen molar-refractivity contribution >= 4 is 22.5 Å². The predicted octanol–water partition coefficient (Wildman–Crippen LogP) is 6.07. The molecule has 6 nitrogen and oxygen atoms in total. The van der Waals surface area contributed by atoms with Crippen LogP contribution in [0.3, 0.4) is 0 Å². The number of hydrogen-bond donors (Lipinski definition) is 3. The second kappa shape index (κ2) is 13.3. The molecule has 0 aliphatic rings. The van der Waals surface area contributed by atoms with E-state index in [1.54, 1.807) is 0 Å². The van der Waals surface area contributed by atoms with Gasteiger partial charge in [-0.25, -0.2) is 0 Å². The van der Waals surface area contributed by atoms with Crippen LogP contribution in [0.4, 0.5) is 5.69 Å². The monoisotopic (exact) mass is 520 g/mol. The summed E-state index contributed by atoms with van der Waals surface area (Å²) in [6.07, 6.45) is 6.69. The Balaban J connectivity index is 1.94. The van der Waals surface area contributed by atoms with Gasteiger partial charge in [0.25, 0.3) is 5.91 Å². The first-order valence-corrected chi connectivity index (χ1v) is 14.2. The van der Waals surface area contributed by atoms with E-state index in [-0.39, 0.29) is 11.4 Å². The summed E-state index contributed by atoms with van der Waals surface area (Å²) in [6.45, 7) is 12.2. The lowest BCUT2D eigenvalue weighted by Crippen LogP contribution is -2.47. The highest BCUT2D eigenvalue weighted by Crippen LogP contribution is 2.33. The van der Waals surface area contributed by atoms with Gasteiger partial charge in [-0.05, 0) is 56.4 Å². The van der Waals surface area contributed by atoms with Gasteiger partial charge in [0.05, 0.1) is 23.3 Å². The number of aromatic nitrogens is 1. The number of benzene rings is 2. The maximum absolute atomic E-state index is 13.8. The molecular weight excluding hydrogens is 472 g/mol. The van der Waals surface area contributed by atoms with Gasteiger partial charge in [-0.15, -0.1) is 0 Å². The minimum absolute atomic E-state index is 0.0872. The van der Waals surface area contributed by atoms with Crippen molar-refractivity contribution in [1.82, 2.24) is 15.2 Å². The fourth-order valence-corrected chi connectivity index (χ4v) is 5.15. The zero-order chi connectivity index (χ0) is 27.9. The number of rotatable bonds is 14. The molecule has 0 saturated heterocycles. The summed E-state index contributed by atoms with van der Waals surface area (Å²) >= 11 is 0. The largest absolute Gasteiger partial charge is 0.389 e. The Morgan fingerprint density at radius 3 is 2.39 bits per heavy atom. The Morgan fingerprint density at radius 1 is 1.08 bits per heavy atom. The van der Waals surface area contributed by atoms with E-state index < -0.39 is 12.1 Å². The van der Waals surface area contributed by atoms with Gasteiger partial charge in [-0.2, -0.15) is 0 Å². The van der Waals surface area contributed by atoms with Crippen LogP contribution in [0.25, 0.3) is 10.9 Å². The number of carbonyl (C=O) groups is 1. The molecule has 2 unspecified atom stereocenters. The molecule has 0 saturated carbocycles. The maximum atomic E-state index is 13.8. The molecule has 2 atom stereocenters. The lowest BCUT2D eigenvalue weighted by atomic mass is 9.95. The first kappa shape index (κ1) is 29.7. The third kappa shape index (κ3) is 7.17. The summed E-state index contributed by atoms with van der Waals surface area (Å²) in [4.78, 5) is 15.8. The predicted molar refractivity (Wildman–Crippen MR) is 160 cm³/mol. The summed E-state index contributed by atoms with van der Waals surface area (Å²) in [5.41, 5.74) is 4.84. The van der Waals surface area contributed by atoms with Crippen LogP contribution >= 0.6 is 0 Å². The van der Waals surface area contributed by atoms with E-state index in [1.165, 1.54) is 11.1 Å². The van der Waals surface area contributed by atoms with Gasteiger partial charge < -0.3 is 25.2 Å². The highest BCUT2D eigenvalue weighted by atomic mass is 16.3. The number of nitrogens with zero attached hydrogens (tertiary/aromatic N) is 2. The summed E-state index contributed by atoms with van der Waals surface area (Å²) < 4.78 is 2.31. The SMILES string of the molecule is CCCCC(C)(C)NCC(O)C(NC(=O)c1cc(N(C)C)c2c(c1)c(CC)cn2CCC)c1ccccc1. The van der Waals surface area contributed by atoms with Gasteiger partial charge in [-0.3, -0.25) is 4.79 Å². The average Bonchev–Trinajstić information content (AvgIpc) is 3.26. The molecule has 0 aliphatic heterocycles. The van der Waals surface area contributed by atoms with Crippen LogP contribution in [0, 0.1) is 0 Å². The summed E-state index contributed by atoms with van der Waals surface area (Å²) in [5.74, 6) is -0.182. The number of unbranched alkanes of at least 4 members (excludes halogenated alkanes) is 1. The number of aryl methyl sites for hydroxylation is 2. The molecule has 0 spiro atoms.